The maximum Gasteiger partial charge on any atom is 0.238 e. The number of rotatable bonds is 7. The van der Waals surface area contributed by atoms with E-state index in [4.69, 9.17) is 9.88 Å². The maximum atomic E-state index is 11.2. The van der Waals surface area contributed by atoms with Crippen molar-refractivity contribution >= 4 is 10.0 Å². The van der Waals surface area contributed by atoms with E-state index in [1.165, 1.54) is 6.07 Å². The predicted molar refractivity (Wildman–Crippen MR) is 75.2 cm³/mol. The van der Waals surface area contributed by atoms with Gasteiger partial charge in [0.15, 0.2) is 0 Å². The summed E-state index contributed by atoms with van der Waals surface area (Å²) in [6.07, 6.45) is 0.873. The molecule has 0 saturated carbocycles. The summed E-state index contributed by atoms with van der Waals surface area (Å²) in [5.41, 5.74) is 0.733. The van der Waals surface area contributed by atoms with Gasteiger partial charge in [-0.3, -0.25) is 0 Å². The Hall–Kier alpha value is -0.950. The van der Waals surface area contributed by atoms with Crippen molar-refractivity contribution < 1.29 is 13.2 Å². The lowest BCUT2D eigenvalue weighted by Crippen LogP contribution is -2.28. The van der Waals surface area contributed by atoms with Crippen LogP contribution >= 0.6 is 0 Å². The fourth-order valence-electron chi connectivity index (χ4n) is 1.56. The normalized spacial score (nSPS) is 12.6. The Kier molecular flexibility index (Phi) is 5.49. The van der Waals surface area contributed by atoms with Crippen LogP contribution in [0.5, 0.6) is 0 Å². The quantitative estimate of drug-likeness (QED) is 0.739. The van der Waals surface area contributed by atoms with E-state index in [2.05, 4.69) is 5.32 Å². The topological polar surface area (TPSA) is 81.4 Å². The van der Waals surface area contributed by atoms with Crippen LogP contribution in [0.1, 0.15) is 25.8 Å². The van der Waals surface area contributed by atoms with Gasteiger partial charge in [0.25, 0.3) is 0 Å². The number of benzene rings is 1. The molecule has 1 aromatic carbocycles. The molecule has 1 aromatic rings. The molecule has 108 valence electrons. The van der Waals surface area contributed by atoms with Gasteiger partial charge in [0.2, 0.25) is 10.0 Å². The van der Waals surface area contributed by atoms with Crippen LogP contribution in [0.25, 0.3) is 0 Å². The third-order valence-corrected chi connectivity index (χ3v) is 3.92. The highest BCUT2D eigenvalue weighted by Gasteiger charge is 2.15. The minimum atomic E-state index is -3.63. The Morgan fingerprint density at radius 2 is 2.05 bits per heavy atom. The zero-order valence-electron chi connectivity index (χ0n) is 11.6. The maximum absolute atomic E-state index is 11.2. The molecule has 0 aliphatic heterocycles. The van der Waals surface area contributed by atoms with Gasteiger partial charge in [0.05, 0.1) is 10.5 Å². The van der Waals surface area contributed by atoms with E-state index in [-0.39, 0.29) is 10.5 Å². The number of ether oxygens (including phenoxy) is 1. The highest BCUT2D eigenvalue weighted by Crippen LogP contribution is 2.12. The van der Waals surface area contributed by atoms with Crippen LogP contribution in [0.4, 0.5) is 0 Å². The van der Waals surface area contributed by atoms with Crippen molar-refractivity contribution in [1.82, 2.24) is 5.32 Å². The predicted octanol–water partition coefficient (Wildman–Crippen LogP) is 1.24. The standard InChI is InChI=1S/C13H22N2O3S/c1-13(2,18-3)7-8-15-10-11-5-4-6-12(9-11)19(14,16)17/h4-6,9,15H,7-8,10H2,1-3H3,(H2,14,16,17). The van der Waals surface area contributed by atoms with Crippen molar-refractivity contribution in [3.8, 4) is 0 Å². The van der Waals surface area contributed by atoms with E-state index >= 15 is 0 Å². The summed E-state index contributed by atoms with van der Waals surface area (Å²) in [5.74, 6) is 0. The largest absolute Gasteiger partial charge is 0.379 e. The smallest absolute Gasteiger partial charge is 0.238 e. The fourth-order valence-corrected chi connectivity index (χ4v) is 2.14. The van der Waals surface area contributed by atoms with Crippen molar-refractivity contribution in [3.63, 3.8) is 0 Å². The lowest BCUT2D eigenvalue weighted by molar-refractivity contribution is 0.0158. The van der Waals surface area contributed by atoms with E-state index < -0.39 is 10.0 Å². The highest BCUT2D eigenvalue weighted by molar-refractivity contribution is 7.89. The number of primary sulfonamides is 1. The van der Waals surface area contributed by atoms with E-state index in [0.29, 0.717) is 6.54 Å². The first-order valence-corrected chi connectivity index (χ1v) is 7.67. The number of nitrogens with one attached hydrogen (secondary N) is 1. The van der Waals surface area contributed by atoms with Gasteiger partial charge in [-0.1, -0.05) is 12.1 Å². The molecule has 0 amide bonds. The summed E-state index contributed by atoms with van der Waals surface area (Å²) in [4.78, 5) is 0.143. The van der Waals surface area contributed by atoms with Gasteiger partial charge in [0, 0.05) is 13.7 Å². The Balaban J connectivity index is 2.51. The lowest BCUT2D eigenvalue weighted by atomic mass is 10.1. The van der Waals surface area contributed by atoms with Crippen molar-refractivity contribution in [2.75, 3.05) is 13.7 Å². The molecule has 19 heavy (non-hydrogen) atoms. The van der Waals surface area contributed by atoms with Gasteiger partial charge in [-0.05, 0) is 44.5 Å². The molecule has 1 rings (SSSR count). The molecule has 0 aliphatic carbocycles. The molecule has 0 fully saturated rings. The molecule has 0 radical (unpaired) electrons. The van der Waals surface area contributed by atoms with Gasteiger partial charge in [0.1, 0.15) is 0 Å². The highest BCUT2D eigenvalue weighted by atomic mass is 32.2. The van der Waals surface area contributed by atoms with E-state index in [1.54, 1.807) is 19.2 Å². The molecular weight excluding hydrogens is 264 g/mol. The zero-order chi connectivity index (χ0) is 14.5. The average molecular weight is 286 g/mol. The molecule has 0 aromatic heterocycles. The first-order chi connectivity index (χ1) is 8.74. The van der Waals surface area contributed by atoms with Crippen LogP contribution in [-0.4, -0.2) is 27.7 Å². The first kappa shape index (κ1) is 16.1. The lowest BCUT2D eigenvalue weighted by Gasteiger charge is -2.22. The van der Waals surface area contributed by atoms with Crippen LogP contribution in [-0.2, 0) is 21.3 Å². The second kappa shape index (κ2) is 6.47. The minimum absolute atomic E-state index is 0.143. The van der Waals surface area contributed by atoms with Crippen LogP contribution in [0.2, 0.25) is 0 Å². The fraction of sp³-hybridized carbons (Fsp3) is 0.538. The second-order valence-corrected chi connectivity index (χ2v) is 6.64. The summed E-state index contributed by atoms with van der Waals surface area (Å²) in [5, 5.41) is 8.35. The van der Waals surface area contributed by atoms with E-state index in [0.717, 1.165) is 18.5 Å². The molecule has 5 nitrogen and oxygen atoms in total. The third-order valence-electron chi connectivity index (χ3n) is 3.01. The molecule has 0 unspecified atom stereocenters. The Morgan fingerprint density at radius 3 is 2.63 bits per heavy atom. The first-order valence-electron chi connectivity index (χ1n) is 6.12. The minimum Gasteiger partial charge on any atom is -0.379 e. The van der Waals surface area contributed by atoms with Crippen LogP contribution in [0, 0.1) is 0 Å². The van der Waals surface area contributed by atoms with Crippen molar-refractivity contribution in [2.24, 2.45) is 5.14 Å². The number of methoxy groups -OCH3 is 1. The molecule has 0 bridgehead atoms. The molecule has 0 saturated heterocycles. The molecule has 0 aliphatic rings. The zero-order valence-corrected chi connectivity index (χ0v) is 12.5. The van der Waals surface area contributed by atoms with Crippen LogP contribution < -0.4 is 10.5 Å². The summed E-state index contributed by atoms with van der Waals surface area (Å²) in [6.45, 7) is 5.44. The monoisotopic (exact) mass is 286 g/mol. The SMILES string of the molecule is COC(C)(C)CCNCc1cccc(S(N)(=O)=O)c1. The number of nitrogens with two attached hydrogens (primary N) is 1. The van der Waals surface area contributed by atoms with Gasteiger partial charge in [-0.25, -0.2) is 13.6 Å². The van der Waals surface area contributed by atoms with Gasteiger partial charge in [-0.2, -0.15) is 0 Å². The third kappa shape index (κ3) is 5.69. The summed E-state index contributed by atoms with van der Waals surface area (Å²) >= 11 is 0. The Labute approximate surface area is 115 Å². The molecule has 6 heteroatoms. The van der Waals surface area contributed by atoms with Crippen LogP contribution in [0.3, 0.4) is 0 Å². The van der Waals surface area contributed by atoms with Crippen molar-refractivity contribution in [2.45, 2.75) is 37.3 Å². The summed E-state index contributed by atoms with van der Waals surface area (Å²) < 4.78 is 27.8. The van der Waals surface area contributed by atoms with Gasteiger partial charge >= 0.3 is 0 Å². The molecule has 0 atom stereocenters. The number of hydrogen-bond acceptors (Lipinski definition) is 4. The molecule has 0 spiro atoms. The Morgan fingerprint density at radius 1 is 1.37 bits per heavy atom. The molecule has 3 N–H and O–H groups in total. The summed E-state index contributed by atoms with van der Waals surface area (Å²) in [7, 11) is -1.94. The number of sulfonamides is 1. The van der Waals surface area contributed by atoms with E-state index in [9.17, 15) is 8.42 Å². The van der Waals surface area contributed by atoms with Gasteiger partial charge in [-0.15, -0.1) is 0 Å². The average Bonchev–Trinajstić information content (AvgIpc) is 2.34. The molecule has 0 heterocycles. The van der Waals surface area contributed by atoms with Crippen molar-refractivity contribution in [3.05, 3.63) is 29.8 Å². The van der Waals surface area contributed by atoms with Crippen molar-refractivity contribution in [1.29, 1.82) is 0 Å². The van der Waals surface area contributed by atoms with Crippen LogP contribution in [0.15, 0.2) is 29.2 Å². The summed E-state index contributed by atoms with van der Waals surface area (Å²) in [6, 6.07) is 6.63. The Bertz CT molecular complexity index is 512. The van der Waals surface area contributed by atoms with Gasteiger partial charge < -0.3 is 10.1 Å². The van der Waals surface area contributed by atoms with E-state index in [1.807, 2.05) is 19.9 Å². The number of hydrogen-bond donors (Lipinski definition) is 2. The second-order valence-electron chi connectivity index (χ2n) is 5.08. The molecular formula is C13H22N2O3S.